The zero-order valence-corrected chi connectivity index (χ0v) is 29.8. The summed E-state index contributed by atoms with van der Waals surface area (Å²) in [6.07, 6.45) is -2.04. The molecule has 1 unspecified atom stereocenters. The SMILES string of the molecule is CC(C)(C)O[C@H]1[C@@H](O[Si](C)(C)C(C)(C)C)[C@H](n2c(=[SiH2])nc3c2=NC=NC3=NC(=O)c2ccccc2)O[C@@H]1C(O)C(C)(C)C. The number of fused-ring (bicyclic) bond motifs is 1. The van der Waals surface area contributed by atoms with E-state index in [4.69, 9.17) is 18.9 Å². The van der Waals surface area contributed by atoms with Crippen molar-refractivity contribution < 1.29 is 23.8 Å². The van der Waals surface area contributed by atoms with E-state index in [0.29, 0.717) is 21.8 Å². The molecule has 234 valence electrons. The topological polar surface area (TPSA) is 120 Å². The van der Waals surface area contributed by atoms with Gasteiger partial charge in [-0.15, -0.1) is 0 Å². The quantitative estimate of drug-likeness (QED) is 0.487. The molecule has 1 aromatic carbocycles. The highest BCUT2D eigenvalue weighted by Gasteiger charge is 2.56. The molecular formula is C31H47N5O5Si2. The summed E-state index contributed by atoms with van der Waals surface area (Å²) in [5.41, 5.74) is 0.289. The Morgan fingerprint density at radius 2 is 1.70 bits per heavy atom. The summed E-state index contributed by atoms with van der Waals surface area (Å²) in [5, 5.41) is 12.2. The first kappa shape index (κ1) is 33.4. The third kappa shape index (κ3) is 7.10. The van der Waals surface area contributed by atoms with Crippen LogP contribution in [-0.4, -0.2) is 80.9 Å². The maximum atomic E-state index is 13.0. The van der Waals surface area contributed by atoms with Gasteiger partial charge < -0.3 is 19.0 Å². The largest absolute Gasteiger partial charge is 0.407 e. The summed E-state index contributed by atoms with van der Waals surface area (Å²) >= 11 is 0. The Morgan fingerprint density at radius 1 is 1.07 bits per heavy atom. The number of ether oxygens (including phenoxy) is 2. The molecule has 1 fully saturated rings. The van der Waals surface area contributed by atoms with Crippen molar-refractivity contribution in [2.45, 2.75) is 117 Å². The second-order valence-electron chi connectivity index (χ2n) is 14.9. The summed E-state index contributed by atoms with van der Waals surface area (Å²) in [4.78, 5) is 30.9. The molecular weight excluding hydrogens is 579 g/mol. The van der Waals surface area contributed by atoms with E-state index in [2.05, 4.69) is 48.8 Å². The third-order valence-electron chi connectivity index (χ3n) is 8.16. The van der Waals surface area contributed by atoms with Gasteiger partial charge in [0.25, 0.3) is 5.91 Å². The Labute approximate surface area is 258 Å². The average Bonchev–Trinajstić information content (AvgIpc) is 3.38. The second kappa shape index (κ2) is 11.8. The molecule has 0 spiro atoms. The lowest BCUT2D eigenvalue weighted by atomic mass is 9.84. The number of aliphatic imine (C=N–C) groups is 2. The van der Waals surface area contributed by atoms with Crippen molar-refractivity contribution >= 4 is 36.3 Å². The number of hydrogen-bond acceptors (Lipinski definition) is 7. The van der Waals surface area contributed by atoms with Crippen LogP contribution in [0, 0.1) is 10.5 Å². The van der Waals surface area contributed by atoms with Gasteiger partial charge in [-0.1, -0.05) is 59.7 Å². The van der Waals surface area contributed by atoms with Crippen molar-refractivity contribution in [1.82, 2.24) is 9.55 Å². The van der Waals surface area contributed by atoms with Crippen LogP contribution in [0.5, 0.6) is 0 Å². The minimum atomic E-state index is -2.38. The summed E-state index contributed by atoms with van der Waals surface area (Å²) in [7, 11) is -0.786. The maximum absolute atomic E-state index is 13.0. The Bertz CT molecular complexity index is 1520. The van der Waals surface area contributed by atoms with E-state index >= 15 is 0 Å². The van der Waals surface area contributed by atoms with Gasteiger partial charge in [0.2, 0.25) is 0 Å². The molecule has 0 saturated carbocycles. The van der Waals surface area contributed by atoms with Crippen molar-refractivity contribution in [1.29, 1.82) is 0 Å². The zero-order valence-electron chi connectivity index (χ0n) is 27.4. The fourth-order valence-electron chi connectivity index (χ4n) is 4.84. The van der Waals surface area contributed by atoms with Gasteiger partial charge in [-0.3, -0.25) is 9.36 Å². The Morgan fingerprint density at radius 3 is 2.26 bits per heavy atom. The van der Waals surface area contributed by atoms with Gasteiger partial charge >= 0.3 is 0 Å². The van der Waals surface area contributed by atoms with Crippen LogP contribution in [0.2, 0.25) is 18.1 Å². The lowest BCUT2D eigenvalue weighted by molar-refractivity contribution is -0.153. The van der Waals surface area contributed by atoms with Gasteiger partial charge in [0.05, 0.1) is 16.8 Å². The Balaban J connectivity index is 1.87. The average molecular weight is 626 g/mol. The van der Waals surface area contributed by atoms with Crippen LogP contribution in [-0.2, 0) is 13.9 Å². The van der Waals surface area contributed by atoms with E-state index in [1.165, 1.54) is 6.34 Å². The number of carbonyl (C=O) groups is 1. The van der Waals surface area contributed by atoms with Crippen LogP contribution in [0.4, 0.5) is 0 Å². The molecule has 1 saturated heterocycles. The van der Waals surface area contributed by atoms with E-state index in [1.807, 2.05) is 52.2 Å². The van der Waals surface area contributed by atoms with Crippen molar-refractivity contribution in [3.05, 3.63) is 52.2 Å². The molecule has 12 heteroatoms. The summed E-state index contributed by atoms with van der Waals surface area (Å²) < 4.78 is 22.5. The van der Waals surface area contributed by atoms with Crippen molar-refractivity contribution in [3.63, 3.8) is 0 Å². The number of aliphatic hydroxyl groups excluding tert-OH is 1. The van der Waals surface area contributed by atoms with Crippen LogP contribution < -0.4 is 5.49 Å². The normalized spacial score (nSPS) is 24.6. The number of amidine groups is 1. The third-order valence-corrected chi connectivity index (χ3v) is 13.1. The van der Waals surface area contributed by atoms with E-state index in [9.17, 15) is 9.90 Å². The first-order valence-electron chi connectivity index (χ1n) is 14.8. The smallest absolute Gasteiger partial charge is 0.279 e. The zero-order chi connectivity index (χ0) is 32.1. The highest BCUT2D eigenvalue weighted by molar-refractivity contribution is 6.74. The van der Waals surface area contributed by atoms with Gasteiger partial charge in [0.15, 0.2) is 31.6 Å². The standard InChI is InChI=1S/C31H47N5O5Si2/c1-29(2,3)23(37)21-20(40-30(4,5)6)22(41-43(10,11)31(7,8)9)27(39-21)36-25-19(34-28(36)42)24(32-17-33-25)35-26(38)18-15-13-12-14-16-18/h12-17,20-23,27,37H,42H2,1-11H3/t20-,21+,22-,23?,27-/m1/s1. The minimum absolute atomic E-state index is 0.0929. The molecule has 2 aliphatic heterocycles. The van der Waals surface area contributed by atoms with Crippen LogP contribution in [0.3, 0.4) is 0 Å². The Hall–Kier alpha value is -2.49. The fourth-order valence-corrected chi connectivity index (χ4v) is 6.61. The minimum Gasteiger partial charge on any atom is -0.407 e. The van der Waals surface area contributed by atoms with Crippen molar-refractivity contribution in [2.75, 3.05) is 0 Å². The lowest BCUT2D eigenvalue weighted by Crippen LogP contribution is -2.53. The number of imidazole rings is 1. The van der Waals surface area contributed by atoms with Gasteiger partial charge in [-0.2, -0.15) is 4.99 Å². The predicted molar refractivity (Wildman–Crippen MR) is 173 cm³/mol. The molecule has 1 N–H and O–H groups in total. The van der Waals surface area contributed by atoms with E-state index in [0.717, 1.165) is 0 Å². The molecule has 4 rings (SSSR count). The summed E-state index contributed by atoms with van der Waals surface area (Å²) in [5.74, 6) is -0.238. The number of hydrogen-bond donors (Lipinski definition) is 1. The van der Waals surface area contributed by atoms with Crippen molar-refractivity contribution in [3.8, 4) is 0 Å². The van der Waals surface area contributed by atoms with Crippen LogP contribution in [0.1, 0.15) is 84.6 Å². The first-order valence-corrected chi connectivity index (χ1v) is 18.4. The van der Waals surface area contributed by atoms with E-state index in [1.54, 1.807) is 34.1 Å². The number of nitrogens with zero attached hydrogens (tertiary/aromatic N) is 5. The number of benzene rings is 1. The second-order valence-corrected chi connectivity index (χ2v) is 20.3. The predicted octanol–water partition coefficient (Wildman–Crippen LogP) is 3.89. The fraction of sp³-hybridized carbons (Fsp3) is 0.613. The molecule has 0 aliphatic carbocycles. The number of aromatic nitrogens is 2. The summed E-state index contributed by atoms with van der Waals surface area (Å²) in [6, 6.07) is 8.84. The molecule has 0 bridgehead atoms. The van der Waals surface area contributed by atoms with Crippen molar-refractivity contribution in [2.24, 2.45) is 20.4 Å². The first-order chi connectivity index (χ1) is 19.7. The molecule has 3 heterocycles. The van der Waals surface area contributed by atoms with Gasteiger partial charge in [0, 0.05) is 15.4 Å². The van der Waals surface area contributed by atoms with Gasteiger partial charge in [0.1, 0.15) is 24.7 Å². The number of carbonyl (C=O) groups excluding carboxylic acids is 1. The maximum Gasteiger partial charge on any atom is 0.279 e. The number of rotatable bonds is 6. The molecule has 2 aromatic rings. The molecule has 2 aliphatic rings. The molecule has 1 amide bonds. The summed E-state index contributed by atoms with van der Waals surface area (Å²) in [6.45, 7) is 22.9. The highest BCUT2D eigenvalue weighted by atomic mass is 28.4. The monoisotopic (exact) mass is 625 g/mol. The molecule has 43 heavy (non-hydrogen) atoms. The number of amides is 1. The van der Waals surface area contributed by atoms with Gasteiger partial charge in [-0.25, -0.2) is 15.0 Å². The highest BCUT2D eigenvalue weighted by Crippen LogP contribution is 2.45. The van der Waals surface area contributed by atoms with Gasteiger partial charge in [-0.05, 0) is 56.5 Å². The van der Waals surface area contributed by atoms with Crippen LogP contribution in [0.25, 0.3) is 0 Å². The molecule has 10 nitrogen and oxygen atoms in total. The number of aliphatic hydroxyl groups is 1. The van der Waals surface area contributed by atoms with E-state index < -0.39 is 55.9 Å². The van der Waals surface area contributed by atoms with E-state index in [-0.39, 0.29) is 10.9 Å². The van der Waals surface area contributed by atoms with Crippen LogP contribution in [0.15, 0.2) is 45.3 Å². The molecule has 0 radical (unpaired) electrons. The van der Waals surface area contributed by atoms with Crippen LogP contribution >= 0.6 is 0 Å². The Kier molecular flexibility index (Phi) is 9.16. The molecule has 5 atom stereocenters. The molecule has 1 aromatic heterocycles. The lowest BCUT2D eigenvalue weighted by Gasteiger charge is -2.42.